The summed E-state index contributed by atoms with van der Waals surface area (Å²) < 4.78 is 16.5. The normalized spacial score (nSPS) is 15.1. The highest BCUT2D eigenvalue weighted by Gasteiger charge is 2.50. The summed E-state index contributed by atoms with van der Waals surface area (Å²) in [6, 6.07) is 17.2. The molecule has 4 rings (SSSR count). The summed E-state index contributed by atoms with van der Waals surface area (Å²) >= 11 is 0. The van der Waals surface area contributed by atoms with Crippen molar-refractivity contribution < 1.29 is 19.1 Å². The minimum atomic E-state index is -0.147. The highest BCUT2D eigenvalue weighted by atomic mass is 16.7. The lowest BCUT2D eigenvalue weighted by Crippen LogP contribution is -2.16. The zero-order valence-electron chi connectivity index (χ0n) is 14.6. The lowest BCUT2D eigenvalue weighted by Gasteiger charge is -2.14. The largest absolute Gasteiger partial charge is 0.508 e. The minimum Gasteiger partial charge on any atom is -0.508 e. The molecule has 1 aliphatic carbocycles. The number of hydrogen-bond acceptors (Lipinski definition) is 5. The molecule has 1 N–H and O–H groups in total. The van der Waals surface area contributed by atoms with Crippen LogP contribution >= 0.6 is 0 Å². The number of rotatable bonds is 7. The van der Waals surface area contributed by atoms with E-state index >= 15 is 0 Å². The molecule has 0 atom stereocenters. The second kappa shape index (κ2) is 6.94. The van der Waals surface area contributed by atoms with Crippen molar-refractivity contribution in [2.24, 2.45) is 0 Å². The first-order valence-electron chi connectivity index (χ1n) is 8.65. The molecular weight excluding hydrogens is 330 g/mol. The number of aromatic hydroxyl groups is 1. The molecule has 2 aromatic carbocycles. The monoisotopic (exact) mass is 351 g/mol. The lowest BCUT2D eigenvalue weighted by atomic mass is 9.92. The van der Waals surface area contributed by atoms with E-state index in [2.05, 4.69) is 17.3 Å². The zero-order chi connectivity index (χ0) is 18.0. The Balaban J connectivity index is 1.79. The molecule has 0 aliphatic heterocycles. The second-order valence-electron chi connectivity index (χ2n) is 6.68. The van der Waals surface area contributed by atoms with Crippen molar-refractivity contribution in [3.05, 3.63) is 60.4 Å². The van der Waals surface area contributed by atoms with E-state index in [1.54, 1.807) is 19.2 Å². The van der Waals surface area contributed by atoms with Crippen LogP contribution in [0.4, 0.5) is 0 Å². The van der Waals surface area contributed by atoms with Crippen LogP contribution in [-0.4, -0.2) is 30.8 Å². The Morgan fingerprint density at radius 2 is 1.77 bits per heavy atom. The van der Waals surface area contributed by atoms with E-state index in [1.807, 2.05) is 30.3 Å². The Bertz CT molecular complexity index is 867. The van der Waals surface area contributed by atoms with E-state index in [1.165, 1.54) is 0 Å². The van der Waals surface area contributed by atoms with E-state index in [4.69, 9.17) is 14.0 Å². The molecule has 0 amide bonds. The molecule has 1 aromatic heterocycles. The van der Waals surface area contributed by atoms with Crippen LogP contribution in [0.3, 0.4) is 0 Å². The van der Waals surface area contributed by atoms with E-state index in [0.717, 1.165) is 41.0 Å². The third kappa shape index (κ3) is 3.11. The van der Waals surface area contributed by atoms with Gasteiger partial charge in [0.25, 0.3) is 0 Å². The fourth-order valence-corrected chi connectivity index (χ4v) is 3.25. The minimum absolute atomic E-state index is 0.147. The molecule has 0 spiro atoms. The number of ether oxygens (including phenoxy) is 2. The molecule has 0 saturated heterocycles. The molecule has 1 heterocycles. The Hall–Kier alpha value is -2.63. The summed E-state index contributed by atoms with van der Waals surface area (Å²) in [5.41, 5.74) is 3.60. The van der Waals surface area contributed by atoms with Gasteiger partial charge in [0.15, 0.2) is 5.76 Å². The summed E-state index contributed by atoms with van der Waals surface area (Å²) in [5.74, 6) is 1.09. The average Bonchev–Trinajstić information content (AvgIpc) is 3.32. The Kier molecular flexibility index (Phi) is 4.49. The maximum atomic E-state index is 9.58. The lowest BCUT2D eigenvalue weighted by molar-refractivity contribution is -0.0404. The quantitative estimate of drug-likeness (QED) is 0.506. The molecule has 26 heavy (non-hydrogen) atoms. The molecule has 5 heteroatoms. The molecule has 1 saturated carbocycles. The highest BCUT2D eigenvalue weighted by molar-refractivity contribution is 5.83. The van der Waals surface area contributed by atoms with Gasteiger partial charge in [0.2, 0.25) is 0 Å². The van der Waals surface area contributed by atoms with Gasteiger partial charge in [-0.05, 0) is 42.7 Å². The van der Waals surface area contributed by atoms with Gasteiger partial charge in [-0.3, -0.25) is 0 Å². The standard InChI is InChI=1S/C21H21NO4/c1-24-14-25-13-21(11-12-21)20-18(15-5-3-2-4-6-15)19(22-26-20)16-7-9-17(23)10-8-16/h2-10,23H,11-14H2,1H3. The van der Waals surface area contributed by atoms with E-state index in [-0.39, 0.29) is 18.0 Å². The number of nitrogens with zero attached hydrogens (tertiary/aromatic N) is 1. The van der Waals surface area contributed by atoms with Crippen molar-refractivity contribution >= 4 is 0 Å². The van der Waals surface area contributed by atoms with Gasteiger partial charge in [-0.15, -0.1) is 0 Å². The SMILES string of the molecule is COCOCC1(c2onc(-c3ccc(O)cc3)c2-c2ccccc2)CC1. The first kappa shape index (κ1) is 16.8. The highest BCUT2D eigenvalue weighted by Crippen LogP contribution is 2.53. The van der Waals surface area contributed by atoms with Crippen LogP contribution in [0.1, 0.15) is 18.6 Å². The van der Waals surface area contributed by atoms with Crippen molar-refractivity contribution in [1.82, 2.24) is 5.16 Å². The summed E-state index contributed by atoms with van der Waals surface area (Å²) in [7, 11) is 1.62. The van der Waals surface area contributed by atoms with E-state index in [9.17, 15) is 5.11 Å². The van der Waals surface area contributed by atoms with Gasteiger partial charge in [-0.1, -0.05) is 35.5 Å². The van der Waals surface area contributed by atoms with Crippen LogP contribution in [-0.2, 0) is 14.9 Å². The van der Waals surface area contributed by atoms with Crippen molar-refractivity contribution in [3.8, 4) is 28.1 Å². The van der Waals surface area contributed by atoms with Gasteiger partial charge >= 0.3 is 0 Å². The zero-order valence-corrected chi connectivity index (χ0v) is 14.6. The number of benzene rings is 2. The summed E-state index contributed by atoms with van der Waals surface area (Å²) in [5, 5.41) is 14.0. The molecule has 3 aromatic rings. The topological polar surface area (TPSA) is 64.7 Å². The molecular formula is C21H21NO4. The summed E-state index contributed by atoms with van der Waals surface area (Å²) in [6.07, 6.45) is 2.00. The first-order valence-corrected chi connectivity index (χ1v) is 8.65. The van der Waals surface area contributed by atoms with E-state index < -0.39 is 0 Å². The molecule has 0 radical (unpaired) electrons. The van der Waals surface area contributed by atoms with Crippen LogP contribution in [0.25, 0.3) is 22.4 Å². The van der Waals surface area contributed by atoms with Crippen molar-refractivity contribution in [2.45, 2.75) is 18.3 Å². The van der Waals surface area contributed by atoms with Gasteiger partial charge in [0.1, 0.15) is 18.2 Å². The Labute approximate surface area is 152 Å². The summed E-state index contributed by atoms with van der Waals surface area (Å²) in [4.78, 5) is 0. The molecule has 0 bridgehead atoms. The summed E-state index contributed by atoms with van der Waals surface area (Å²) in [6.45, 7) is 0.812. The number of phenols is 1. The fraction of sp³-hybridized carbons (Fsp3) is 0.286. The number of hydrogen-bond donors (Lipinski definition) is 1. The van der Waals surface area contributed by atoms with Crippen LogP contribution in [0.5, 0.6) is 5.75 Å². The van der Waals surface area contributed by atoms with Gasteiger partial charge in [0, 0.05) is 12.7 Å². The molecule has 134 valence electrons. The van der Waals surface area contributed by atoms with Crippen molar-refractivity contribution in [2.75, 3.05) is 20.5 Å². The van der Waals surface area contributed by atoms with Crippen LogP contribution in [0.15, 0.2) is 59.1 Å². The van der Waals surface area contributed by atoms with Gasteiger partial charge < -0.3 is 19.1 Å². The van der Waals surface area contributed by atoms with Gasteiger partial charge in [-0.2, -0.15) is 0 Å². The first-order chi connectivity index (χ1) is 12.7. The molecule has 0 unspecified atom stereocenters. The maximum absolute atomic E-state index is 9.58. The number of phenolic OH excluding ortho intramolecular Hbond substituents is 1. The van der Waals surface area contributed by atoms with Crippen LogP contribution in [0, 0.1) is 0 Å². The van der Waals surface area contributed by atoms with Crippen molar-refractivity contribution in [1.29, 1.82) is 0 Å². The predicted molar refractivity (Wildman–Crippen MR) is 97.8 cm³/mol. The number of aromatic nitrogens is 1. The Morgan fingerprint density at radius 1 is 1.04 bits per heavy atom. The molecule has 1 aliphatic rings. The fourth-order valence-electron chi connectivity index (χ4n) is 3.25. The Morgan fingerprint density at radius 3 is 2.42 bits per heavy atom. The molecule has 5 nitrogen and oxygen atoms in total. The van der Waals surface area contributed by atoms with E-state index in [0.29, 0.717) is 6.61 Å². The second-order valence-corrected chi connectivity index (χ2v) is 6.68. The predicted octanol–water partition coefficient (Wildman–Crippen LogP) is 4.37. The average molecular weight is 351 g/mol. The third-order valence-corrected chi connectivity index (χ3v) is 4.81. The number of methoxy groups -OCH3 is 1. The third-order valence-electron chi connectivity index (χ3n) is 4.81. The molecule has 1 fully saturated rings. The van der Waals surface area contributed by atoms with Gasteiger partial charge in [-0.25, -0.2) is 0 Å². The van der Waals surface area contributed by atoms with Crippen LogP contribution in [0.2, 0.25) is 0 Å². The van der Waals surface area contributed by atoms with Crippen LogP contribution < -0.4 is 0 Å². The maximum Gasteiger partial charge on any atom is 0.153 e. The van der Waals surface area contributed by atoms with Crippen molar-refractivity contribution in [3.63, 3.8) is 0 Å². The van der Waals surface area contributed by atoms with Gasteiger partial charge in [0.05, 0.1) is 17.6 Å². The smallest absolute Gasteiger partial charge is 0.153 e.